The first-order valence-corrected chi connectivity index (χ1v) is 8.53. The van der Waals surface area contributed by atoms with Gasteiger partial charge in [0.05, 0.1) is 23.2 Å². The molecule has 0 saturated heterocycles. The molecule has 0 N–H and O–H groups in total. The summed E-state index contributed by atoms with van der Waals surface area (Å²) < 4.78 is 10.0. The Balaban J connectivity index is 1.50. The number of amides is 2. The van der Waals surface area contributed by atoms with E-state index in [2.05, 4.69) is 10.1 Å². The Kier molecular flexibility index (Phi) is 4.44. The third kappa shape index (κ3) is 3.27. The standard InChI is InChI=1S/C20H15N3O5/c1-12-21-17(28-22-12)11-27-20(26)14-7-8-15-16(9-14)19(25)23(18(15)24)10-13-5-3-2-4-6-13/h2-9H,10-11H2,1H3. The van der Waals surface area contributed by atoms with Gasteiger partial charge in [-0.25, -0.2) is 4.79 Å². The van der Waals surface area contributed by atoms with Crippen LogP contribution in [-0.2, 0) is 17.9 Å². The molecule has 1 aromatic heterocycles. The molecule has 2 amide bonds. The van der Waals surface area contributed by atoms with Crippen molar-refractivity contribution in [3.63, 3.8) is 0 Å². The molecular formula is C20H15N3O5. The Morgan fingerprint density at radius 2 is 1.82 bits per heavy atom. The van der Waals surface area contributed by atoms with E-state index in [-0.39, 0.29) is 41.6 Å². The number of hydrogen-bond donors (Lipinski definition) is 0. The van der Waals surface area contributed by atoms with Crippen molar-refractivity contribution in [2.45, 2.75) is 20.1 Å². The number of ether oxygens (including phenoxy) is 1. The van der Waals surface area contributed by atoms with E-state index in [0.717, 1.165) is 10.5 Å². The molecule has 0 aliphatic carbocycles. The van der Waals surface area contributed by atoms with Gasteiger partial charge < -0.3 is 9.26 Å². The van der Waals surface area contributed by atoms with Crippen LogP contribution in [0.4, 0.5) is 0 Å². The summed E-state index contributed by atoms with van der Waals surface area (Å²) in [5.74, 6) is -0.866. The fourth-order valence-corrected chi connectivity index (χ4v) is 2.94. The maximum Gasteiger partial charge on any atom is 0.338 e. The zero-order valence-electron chi connectivity index (χ0n) is 14.9. The van der Waals surface area contributed by atoms with E-state index in [1.165, 1.54) is 18.2 Å². The van der Waals surface area contributed by atoms with Crippen LogP contribution >= 0.6 is 0 Å². The van der Waals surface area contributed by atoms with Gasteiger partial charge in [-0.1, -0.05) is 35.5 Å². The van der Waals surface area contributed by atoms with Gasteiger partial charge in [0.2, 0.25) is 0 Å². The van der Waals surface area contributed by atoms with Crippen LogP contribution in [0.15, 0.2) is 53.1 Å². The molecule has 0 bridgehead atoms. The van der Waals surface area contributed by atoms with E-state index >= 15 is 0 Å². The van der Waals surface area contributed by atoms with Crippen LogP contribution < -0.4 is 0 Å². The molecule has 0 atom stereocenters. The monoisotopic (exact) mass is 377 g/mol. The van der Waals surface area contributed by atoms with Crippen molar-refractivity contribution in [1.82, 2.24) is 15.0 Å². The highest BCUT2D eigenvalue weighted by Crippen LogP contribution is 2.26. The van der Waals surface area contributed by atoms with E-state index in [9.17, 15) is 14.4 Å². The number of esters is 1. The lowest BCUT2D eigenvalue weighted by atomic mass is 10.1. The van der Waals surface area contributed by atoms with Crippen LogP contribution in [0.3, 0.4) is 0 Å². The van der Waals surface area contributed by atoms with Gasteiger partial charge in [-0.2, -0.15) is 4.98 Å². The maximum atomic E-state index is 12.7. The fourth-order valence-electron chi connectivity index (χ4n) is 2.94. The first kappa shape index (κ1) is 17.6. The molecule has 2 aromatic carbocycles. The Morgan fingerprint density at radius 3 is 2.54 bits per heavy atom. The van der Waals surface area contributed by atoms with E-state index in [1.54, 1.807) is 6.92 Å². The molecule has 140 valence electrons. The molecule has 1 aliphatic heterocycles. The number of benzene rings is 2. The summed E-state index contributed by atoms with van der Waals surface area (Å²) in [6.45, 7) is 1.65. The largest absolute Gasteiger partial charge is 0.452 e. The summed E-state index contributed by atoms with van der Waals surface area (Å²) >= 11 is 0. The quantitative estimate of drug-likeness (QED) is 0.497. The minimum Gasteiger partial charge on any atom is -0.452 e. The van der Waals surface area contributed by atoms with Crippen molar-refractivity contribution in [1.29, 1.82) is 0 Å². The minimum atomic E-state index is -0.652. The highest BCUT2D eigenvalue weighted by atomic mass is 16.6. The number of hydrogen-bond acceptors (Lipinski definition) is 7. The van der Waals surface area contributed by atoms with E-state index in [4.69, 9.17) is 9.26 Å². The first-order valence-electron chi connectivity index (χ1n) is 8.53. The molecule has 0 fully saturated rings. The zero-order chi connectivity index (χ0) is 19.7. The zero-order valence-corrected chi connectivity index (χ0v) is 14.9. The molecule has 0 radical (unpaired) electrons. The predicted molar refractivity (Wildman–Crippen MR) is 95.2 cm³/mol. The molecule has 4 rings (SSSR count). The second-order valence-electron chi connectivity index (χ2n) is 6.25. The van der Waals surface area contributed by atoms with Gasteiger partial charge in [0, 0.05) is 0 Å². The second kappa shape index (κ2) is 7.07. The van der Waals surface area contributed by atoms with E-state index in [0.29, 0.717) is 5.82 Å². The third-order valence-corrected chi connectivity index (χ3v) is 4.29. The number of aromatic nitrogens is 2. The summed E-state index contributed by atoms with van der Waals surface area (Å²) in [6.07, 6.45) is 0. The molecule has 1 aliphatic rings. The van der Waals surface area contributed by atoms with Gasteiger partial charge in [0.25, 0.3) is 17.7 Å². The molecule has 3 aromatic rings. The lowest BCUT2D eigenvalue weighted by Crippen LogP contribution is -2.29. The van der Waals surface area contributed by atoms with Crippen molar-refractivity contribution in [3.8, 4) is 0 Å². The summed E-state index contributed by atoms with van der Waals surface area (Å²) in [6, 6.07) is 13.5. The van der Waals surface area contributed by atoms with Crippen LogP contribution in [0.5, 0.6) is 0 Å². The normalized spacial score (nSPS) is 13.0. The fraction of sp³-hybridized carbons (Fsp3) is 0.150. The van der Waals surface area contributed by atoms with Crippen molar-refractivity contribution in [2.24, 2.45) is 0 Å². The van der Waals surface area contributed by atoms with Crippen molar-refractivity contribution < 1.29 is 23.6 Å². The average Bonchev–Trinajstić information content (AvgIpc) is 3.23. The Labute approximate surface area is 159 Å². The van der Waals surface area contributed by atoms with Crippen LogP contribution in [0.25, 0.3) is 0 Å². The molecule has 8 nitrogen and oxygen atoms in total. The molecule has 0 unspecified atom stereocenters. The van der Waals surface area contributed by atoms with Crippen molar-refractivity contribution in [3.05, 3.63) is 82.5 Å². The predicted octanol–water partition coefficient (Wildman–Crippen LogP) is 2.53. The van der Waals surface area contributed by atoms with Gasteiger partial charge in [0.15, 0.2) is 12.4 Å². The van der Waals surface area contributed by atoms with Crippen LogP contribution in [0.2, 0.25) is 0 Å². The lowest BCUT2D eigenvalue weighted by Gasteiger charge is -2.13. The smallest absolute Gasteiger partial charge is 0.338 e. The molecule has 2 heterocycles. The van der Waals surface area contributed by atoms with Crippen molar-refractivity contribution >= 4 is 17.8 Å². The van der Waals surface area contributed by atoms with E-state index < -0.39 is 11.9 Å². The summed E-state index contributed by atoms with van der Waals surface area (Å²) in [5.41, 5.74) is 1.46. The number of imide groups is 1. The highest BCUT2D eigenvalue weighted by Gasteiger charge is 2.36. The maximum absolute atomic E-state index is 12.7. The van der Waals surface area contributed by atoms with Gasteiger partial charge in [-0.05, 0) is 30.7 Å². The van der Waals surface area contributed by atoms with Crippen molar-refractivity contribution in [2.75, 3.05) is 0 Å². The first-order chi connectivity index (χ1) is 13.5. The SMILES string of the molecule is Cc1noc(COC(=O)c2ccc3c(c2)C(=O)N(Cc2ccccc2)C3=O)n1. The number of aryl methyl sites for hydroxylation is 1. The summed E-state index contributed by atoms with van der Waals surface area (Å²) in [4.78, 5) is 42.6. The number of carbonyl (C=O) groups excluding carboxylic acids is 3. The Hall–Kier alpha value is -3.81. The number of fused-ring (bicyclic) bond motifs is 1. The molecule has 8 heteroatoms. The molecule has 0 spiro atoms. The summed E-state index contributed by atoms with van der Waals surface area (Å²) in [5, 5.41) is 3.61. The van der Waals surface area contributed by atoms with Crippen LogP contribution in [0, 0.1) is 6.92 Å². The van der Waals surface area contributed by atoms with Gasteiger partial charge in [-0.3, -0.25) is 14.5 Å². The highest BCUT2D eigenvalue weighted by molar-refractivity contribution is 6.21. The topological polar surface area (TPSA) is 103 Å². The van der Waals surface area contributed by atoms with Gasteiger partial charge >= 0.3 is 5.97 Å². The van der Waals surface area contributed by atoms with Gasteiger partial charge in [0.1, 0.15) is 0 Å². The lowest BCUT2D eigenvalue weighted by molar-refractivity contribution is 0.0429. The number of nitrogens with zero attached hydrogens (tertiary/aromatic N) is 3. The minimum absolute atomic E-state index is 0.165. The Morgan fingerprint density at radius 1 is 1.07 bits per heavy atom. The summed E-state index contributed by atoms with van der Waals surface area (Å²) in [7, 11) is 0. The second-order valence-corrected chi connectivity index (χ2v) is 6.25. The average molecular weight is 377 g/mol. The van der Waals surface area contributed by atoms with Crippen LogP contribution in [0.1, 0.15) is 48.4 Å². The van der Waals surface area contributed by atoms with E-state index in [1.807, 2.05) is 30.3 Å². The Bertz CT molecular complexity index is 1070. The number of carbonyl (C=O) groups is 3. The molecule has 28 heavy (non-hydrogen) atoms. The van der Waals surface area contributed by atoms with Crippen LogP contribution in [-0.4, -0.2) is 32.8 Å². The van der Waals surface area contributed by atoms with Gasteiger partial charge in [-0.15, -0.1) is 0 Å². The molecule has 0 saturated carbocycles. The molecular weight excluding hydrogens is 362 g/mol. The third-order valence-electron chi connectivity index (χ3n) is 4.29. The number of rotatable bonds is 5.